The van der Waals surface area contributed by atoms with Gasteiger partial charge < -0.3 is 15.8 Å². The second kappa shape index (κ2) is 7.78. The van der Waals surface area contributed by atoms with Crippen molar-refractivity contribution in [1.82, 2.24) is 9.62 Å². The fourth-order valence-electron chi connectivity index (χ4n) is 2.21. The minimum Gasteiger partial charge on any atom is -0.385 e. The van der Waals surface area contributed by atoms with Gasteiger partial charge in [0, 0.05) is 19.8 Å². The number of hydrogen-bond acceptors (Lipinski definition) is 5. The van der Waals surface area contributed by atoms with E-state index in [1.807, 2.05) is 0 Å². The molecule has 8 heteroatoms. The van der Waals surface area contributed by atoms with Crippen LogP contribution in [0.2, 0.25) is 0 Å². The summed E-state index contributed by atoms with van der Waals surface area (Å²) in [6, 6.07) is -0.138. The van der Waals surface area contributed by atoms with E-state index in [0.29, 0.717) is 25.9 Å². The van der Waals surface area contributed by atoms with Crippen molar-refractivity contribution in [3.63, 3.8) is 0 Å². The Balaban J connectivity index is 2.73. The zero-order valence-corrected chi connectivity index (χ0v) is 12.1. The lowest BCUT2D eigenvalue weighted by atomic mass is 10.1. The van der Waals surface area contributed by atoms with Crippen LogP contribution >= 0.6 is 0 Å². The van der Waals surface area contributed by atoms with E-state index in [2.05, 4.69) is 5.32 Å². The van der Waals surface area contributed by atoms with Gasteiger partial charge in [0.1, 0.15) is 0 Å². The molecule has 112 valence electrons. The number of nitrogens with zero attached hydrogens (tertiary/aromatic N) is 1. The van der Waals surface area contributed by atoms with Crippen LogP contribution in [0.3, 0.4) is 0 Å². The van der Waals surface area contributed by atoms with Gasteiger partial charge in [0.25, 0.3) is 0 Å². The molecule has 0 saturated carbocycles. The van der Waals surface area contributed by atoms with E-state index in [1.165, 1.54) is 11.4 Å². The molecule has 1 aliphatic rings. The summed E-state index contributed by atoms with van der Waals surface area (Å²) in [4.78, 5) is 11.1. The molecule has 0 bridgehead atoms. The van der Waals surface area contributed by atoms with Crippen molar-refractivity contribution < 1.29 is 17.9 Å². The monoisotopic (exact) mass is 293 g/mol. The average Bonchev–Trinajstić information content (AvgIpc) is 2.37. The molecule has 1 rings (SSSR count). The highest BCUT2D eigenvalue weighted by atomic mass is 32.2. The Labute approximate surface area is 114 Å². The molecular formula is C11H23N3O4S. The first-order chi connectivity index (χ1) is 8.97. The van der Waals surface area contributed by atoms with Crippen molar-refractivity contribution >= 4 is 15.9 Å². The molecule has 0 aromatic carbocycles. The lowest BCUT2D eigenvalue weighted by Crippen LogP contribution is -2.50. The Bertz CT molecular complexity index is 379. The number of hydrogen-bond donors (Lipinski definition) is 2. The van der Waals surface area contributed by atoms with Crippen molar-refractivity contribution in [1.29, 1.82) is 0 Å². The molecular weight excluding hydrogens is 270 g/mol. The highest BCUT2D eigenvalue weighted by Crippen LogP contribution is 2.16. The summed E-state index contributed by atoms with van der Waals surface area (Å²) in [5, 5.41) is 3.17. The van der Waals surface area contributed by atoms with Crippen molar-refractivity contribution in [2.45, 2.75) is 25.3 Å². The van der Waals surface area contributed by atoms with Crippen LogP contribution in [0.4, 0.5) is 0 Å². The van der Waals surface area contributed by atoms with Crippen LogP contribution in [0.1, 0.15) is 19.3 Å². The standard InChI is InChI=1S/C11H23N3O4S/c1-18-7-2-8-19(16,17)14(9-11(12)15)10-3-5-13-6-4-10/h10,13H,2-9H2,1H3,(H2,12,15). The summed E-state index contributed by atoms with van der Waals surface area (Å²) < 4.78 is 30.7. The van der Waals surface area contributed by atoms with E-state index in [4.69, 9.17) is 10.5 Å². The summed E-state index contributed by atoms with van der Waals surface area (Å²) in [6.45, 7) is 1.66. The van der Waals surface area contributed by atoms with Crippen LogP contribution in [-0.2, 0) is 19.6 Å². The van der Waals surface area contributed by atoms with Gasteiger partial charge in [0.2, 0.25) is 15.9 Å². The largest absolute Gasteiger partial charge is 0.385 e. The van der Waals surface area contributed by atoms with Crippen molar-refractivity contribution in [3.05, 3.63) is 0 Å². The number of nitrogens with two attached hydrogens (primary N) is 1. The van der Waals surface area contributed by atoms with Crippen LogP contribution in [0.5, 0.6) is 0 Å². The normalized spacial score (nSPS) is 17.8. The second-order valence-electron chi connectivity index (χ2n) is 4.66. The number of amides is 1. The van der Waals surface area contributed by atoms with Gasteiger partial charge in [-0.25, -0.2) is 8.42 Å². The summed E-state index contributed by atoms with van der Waals surface area (Å²) in [5.41, 5.74) is 5.17. The first-order valence-corrected chi connectivity index (χ1v) is 8.06. The molecule has 19 heavy (non-hydrogen) atoms. The number of carbonyl (C=O) groups excluding carboxylic acids is 1. The van der Waals surface area contributed by atoms with E-state index >= 15 is 0 Å². The van der Waals surface area contributed by atoms with Gasteiger partial charge in [-0.05, 0) is 32.4 Å². The molecule has 1 saturated heterocycles. The second-order valence-corrected chi connectivity index (χ2v) is 6.70. The highest BCUT2D eigenvalue weighted by molar-refractivity contribution is 7.89. The molecule has 0 atom stereocenters. The molecule has 1 heterocycles. The fourth-order valence-corrected chi connectivity index (χ4v) is 3.91. The van der Waals surface area contributed by atoms with Gasteiger partial charge in [-0.1, -0.05) is 0 Å². The number of methoxy groups -OCH3 is 1. The van der Waals surface area contributed by atoms with Crippen LogP contribution < -0.4 is 11.1 Å². The molecule has 0 radical (unpaired) electrons. The predicted molar refractivity (Wildman–Crippen MR) is 72.1 cm³/mol. The predicted octanol–water partition coefficient (Wildman–Crippen LogP) is -1.11. The number of rotatable bonds is 8. The van der Waals surface area contributed by atoms with E-state index in [1.54, 1.807) is 0 Å². The molecule has 1 amide bonds. The maximum absolute atomic E-state index is 12.3. The molecule has 0 aromatic rings. The van der Waals surface area contributed by atoms with Crippen molar-refractivity contribution in [3.8, 4) is 0 Å². The lowest BCUT2D eigenvalue weighted by molar-refractivity contribution is -0.118. The molecule has 3 N–H and O–H groups in total. The summed E-state index contributed by atoms with van der Waals surface area (Å²) in [5.74, 6) is -0.633. The maximum Gasteiger partial charge on any atom is 0.232 e. The molecule has 0 aromatic heterocycles. The number of primary amides is 1. The third kappa shape index (κ3) is 5.43. The van der Waals surface area contributed by atoms with Crippen LogP contribution in [0, 0.1) is 0 Å². The van der Waals surface area contributed by atoms with Crippen LogP contribution in [0.15, 0.2) is 0 Å². The Morgan fingerprint density at radius 3 is 2.58 bits per heavy atom. The van der Waals surface area contributed by atoms with E-state index in [-0.39, 0.29) is 18.3 Å². The van der Waals surface area contributed by atoms with Gasteiger partial charge in [-0.2, -0.15) is 4.31 Å². The Morgan fingerprint density at radius 2 is 2.05 bits per heavy atom. The van der Waals surface area contributed by atoms with Crippen molar-refractivity contribution in [2.75, 3.05) is 39.1 Å². The SMILES string of the molecule is COCCCS(=O)(=O)N(CC(N)=O)C1CCNCC1. The quantitative estimate of drug-likeness (QED) is 0.553. The number of sulfonamides is 1. The zero-order valence-electron chi connectivity index (χ0n) is 11.3. The summed E-state index contributed by atoms with van der Waals surface area (Å²) in [6.07, 6.45) is 1.83. The zero-order chi connectivity index (χ0) is 14.3. The third-order valence-electron chi connectivity index (χ3n) is 3.14. The molecule has 7 nitrogen and oxygen atoms in total. The maximum atomic E-state index is 12.3. The topological polar surface area (TPSA) is 102 Å². The average molecular weight is 293 g/mol. The third-order valence-corrected chi connectivity index (χ3v) is 5.08. The van der Waals surface area contributed by atoms with E-state index < -0.39 is 15.9 Å². The van der Waals surface area contributed by atoms with Gasteiger partial charge >= 0.3 is 0 Å². The fraction of sp³-hybridized carbons (Fsp3) is 0.909. The van der Waals surface area contributed by atoms with Gasteiger partial charge in [-0.15, -0.1) is 0 Å². The number of nitrogens with one attached hydrogen (secondary N) is 1. The smallest absolute Gasteiger partial charge is 0.232 e. The Kier molecular flexibility index (Phi) is 6.70. The van der Waals surface area contributed by atoms with Gasteiger partial charge in [0.05, 0.1) is 12.3 Å². The first-order valence-electron chi connectivity index (χ1n) is 6.45. The summed E-state index contributed by atoms with van der Waals surface area (Å²) in [7, 11) is -1.94. The van der Waals surface area contributed by atoms with Crippen LogP contribution in [0.25, 0.3) is 0 Å². The number of ether oxygens (including phenoxy) is 1. The Morgan fingerprint density at radius 1 is 1.42 bits per heavy atom. The molecule has 0 aliphatic carbocycles. The number of carbonyl (C=O) groups is 1. The molecule has 1 fully saturated rings. The molecule has 0 spiro atoms. The van der Waals surface area contributed by atoms with Gasteiger partial charge in [0.15, 0.2) is 0 Å². The van der Waals surface area contributed by atoms with Crippen molar-refractivity contribution in [2.24, 2.45) is 5.73 Å². The minimum absolute atomic E-state index is 0.0158. The van der Waals surface area contributed by atoms with Crippen LogP contribution in [-0.4, -0.2) is 63.8 Å². The first kappa shape index (κ1) is 16.4. The number of piperidine rings is 1. The highest BCUT2D eigenvalue weighted by Gasteiger charge is 2.31. The van der Waals surface area contributed by atoms with E-state index in [0.717, 1.165) is 13.1 Å². The minimum atomic E-state index is -3.46. The molecule has 0 unspecified atom stereocenters. The van der Waals surface area contributed by atoms with E-state index in [9.17, 15) is 13.2 Å². The lowest BCUT2D eigenvalue weighted by Gasteiger charge is -2.32. The molecule has 1 aliphatic heterocycles. The van der Waals surface area contributed by atoms with Gasteiger partial charge in [-0.3, -0.25) is 4.79 Å². The Hall–Kier alpha value is -0.700. The summed E-state index contributed by atoms with van der Waals surface area (Å²) >= 11 is 0.